The lowest BCUT2D eigenvalue weighted by molar-refractivity contribution is 0.669. The Balaban J connectivity index is 1.27. The molecule has 3 heterocycles. The minimum atomic E-state index is 0.890. The van der Waals surface area contributed by atoms with Crippen molar-refractivity contribution in [1.29, 1.82) is 0 Å². The molecule has 0 saturated carbocycles. The van der Waals surface area contributed by atoms with E-state index in [0.29, 0.717) is 0 Å². The molecular formula is C40H24N2O. The van der Waals surface area contributed by atoms with Crippen LogP contribution in [0.3, 0.4) is 0 Å². The molecule has 0 unspecified atom stereocenters. The van der Waals surface area contributed by atoms with Gasteiger partial charge in [0.1, 0.15) is 11.2 Å². The van der Waals surface area contributed by atoms with E-state index in [1.165, 1.54) is 10.8 Å². The molecule has 0 aliphatic rings. The van der Waals surface area contributed by atoms with Crippen LogP contribution in [0.4, 0.5) is 0 Å². The van der Waals surface area contributed by atoms with Crippen LogP contribution < -0.4 is 0 Å². The Morgan fingerprint density at radius 1 is 0.442 bits per heavy atom. The minimum Gasteiger partial charge on any atom is -0.456 e. The summed E-state index contributed by atoms with van der Waals surface area (Å²) in [5, 5.41) is 7.95. The van der Waals surface area contributed by atoms with Gasteiger partial charge in [0.05, 0.1) is 16.9 Å². The number of aromatic nitrogens is 2. The lowest BCUT2D eigenvalue weighted by atomic mass is 9.94. The summed E-state index contributed by atoms with van der Waals surface area (Å²) in [5.41, 5.74) is 9.18. The zero-order chi connectivity index (χ0) is 28.3. The number of para-hydroxylation sites is 1. The molecule has 0 radical (unpaired) electrons. The van der Waals surface area contributed by atoms with Crippen LogP contribution in [0.25, 0.3) is 88.0 Å². The summed E-state index contributed by atoms with van der Waals surface area (Å²) in [6, 6.07) is 48.7. The first-order valence-corrected chi connectivity index (χ1v) is 14.5. The molecule has 6 aromatic carbocycles. The molecule has 0 aliphatic heterocycles. The Kier molecular flexibility index (Phi) is 5.20. The second-order valence-electron chi connectivity index (χ2n) is 11.0. The average molecular weight is 549 g/mol. The van der Waals surface area contributed by atoms with E-state index >= 15 is 0 Å². The van der Waals surface area contributed by atoms with E-state index < -0.39 is 0 Å². The Bertz CT molecular complexity index is 2500. The highest BCUT2D eigenvalue weighted by Gasteiger charge is 2.17. The van der Waals surface area contributed by atoms with E-state index in [9.17, 15) is 0 Å². The predicted octanol–water partition coefficient (Wildman–Crippen LogP) is 10.8. The SMILES string of the molecule is c1ccc(-c2cc3ccc(-c4ccc5c(c4)nc(-c4ccccc4)c4ccc6oc7ccccc7c6c45)cc3cn2)cc1. The van der Waals surface area contributed by atoms with Gasteiger partial charge in [-0.05, 0) is 52.9 Å². The smallest absolute Gasteiger partial charge is 0.136 e. The molecule has 0 bridgehead atoms. The quantitative estimate of drug-likeness (QED) is 0.206. The van der Waals surface area contributed by atoms with Gasteiger partial charge < -0.3 is 4.42 Å². The summed E-state index contributed by atoms with van der Waals surface area (Å²) < 4.78 is 6.30. The number of hydrogen-bond donors (Lipinski definition) is 0. The summed E-state index contributed by atoms with van der Waals surface area (Å²) in [6.45, 7) is 0. The van der Waals surface area contributed by atoms with Crippen LogP contribution in [0.15, 0.2) is 150 Å². The first-order chi connectivity index (χ1) is 21.3. The van der Waals surface area contributed by atoms with E-state index in [1.54, 1.807) is 0 Å². The van der Waals surface area contributed by atoms with Crippen molar-refractivity contribution in [1.82, 2.24) is 9.97 Å². The fourth-order valence-electron chi connectivity index (χ4n) is 6.39. The second kappa shape index (κ2) is 9.37. The second-order valence-corrected chi connectivity index (χ2v) is 11.0. The van der Waals surface area contributed by atoms with E-state index in [4.69, 9.17) is 14.4 Å². The summed E-state index contributed by atoms with van der Waals surface area (Å²) in [4.78, 5) is 10.1. The minimum absolute atomic E-state index is 0.890. The Labute approximate surface area is 247 Å². The molecule has 0 spiro atoms. The van der Waals surface area contributed by atoms with Crippen LogP contribution in [-0.4, -0.2) is 9.97 Å². The van der Waals surface area contributed by atoms with Gasteiger partial charge in [0, 0.05) is 49.6 Å². The van der Waals surface area contributed by atoms with Gasteiger partial charge in [-0.2, -0.15) is 0 Å². The third-order valence-electron chi connectivity index (χ3n) is 8.47. The summed E-state index contributed by atoms with van der Waals surface area (Å²) in [7, 11) is 0. The third kappa shape index (κ3) is 3.83. The van der Waals surface area contributed by atoms with Gasteiger partial charge in [0.25, 0.3) is 0 Å². The standard InChI is InChI=1S/C40H24N2O/c1-3-9-25(10-4-1)34-22-29-16-15-27(21-30(29)24-41-34)28-17-18-31-35(23-28)42-40(26-11-5-2-6-12-26)33-19-20-37-39(38(31)33)32-13-7-8-14-36(32)43-37/h1-24H. The van der Waals surface area contributed by atoms with Crippen molar-refractivity contribution in [3.05, 3.63) is 146 Å². The normalized spacial score (nSPS) is 11.7. The monoisotopic (exact) mass is 548 g/mol. The maximum Gasteiger partial charge on any atom is 0.136 e. The Morgan fingerprint density at radius 2 is 1.16 bits per heavy atom. The average Bonchev–Trinajstić information content (AvgIpc) is 3.47. The van der Waals surface area contributed by atoms with Crippen LogP contribution >= 0.6 is 0 Å². The van der Waals surface area contributed by atoms with E-state index in [-0.39, 0.29) is 0 Å². The number of fused-ring (bicyclic) bond motifs is 8. The molecule has 200 valence electrons. The van der Waals surface area contributed by atoms with Crippen molar-refractivity contribution in [3.8, 4) is 33.6 Å². The van der Waals surface area contributed by atoms with Gasteiger partial charge in [-0.1, -0.05) is 103 Å². The number of benzene rings is 6. The van der Waals surface area contributed by atoms with Crippen LogP contribution in [0.5, 0.6) is 0 Å². The van der Waals surface area contributed by atoms with Crippen molar-refractivity contribution >= 4 is 54.4 Å². The van der Waals surface area contributed by atoms with Crippen molar-refractivity contribution in [3.63, 3.8) is 0 Å². The lowest BCUT2D eigenvalue weighted by Crippen LogP contribution is -1.91. The van der Waals surface area contributed by atoms with Crippen molar-refractivity contribution in [2.75, 3.05) is 0 Å². The Hall–Kier alpha value is -5.80. The molecular weight excluding hydrogens is 524 g/mol. The van der Waals surface area contributed by atoms with E-state index in [2.05, 4.69) is 103 Å². The molecule has 0 aliphatic carbocycles. The van der Waals surface area contributed by atoms with Gasteiger partial charge in [-0.25, -0.2) is 4.98 Å². The predicted molar refractivity (Wildman–Crippen MR) is 178 cm³/mol. The molecule has 0 amide bonds. The highest BCUT2D eigenvalue weighted by Crippen LogP contribution is 2.42. The maximum atomic E-state index is 6.30. The number of rotatable bonds is 3. The van der Waals surface area contributed by atoms with Crippen LogP contribution in [0.1, 0.15) is 0 Å². The highest BCUT2D eigenvalue weighted by molar-refractivity contribution is 6.28. The fraction of sp³-hybridized carbons (Fsp3) is 0. The molecule has 0 N–H and O–H groups in total. The van der Waals surface area contributed by atoms with Gasteiger partial charge in [0.15, 0.2) is 0 Å². The third-order valence-corrected chi connectivity index (χ3v) is 8.47. The molecule has 9 aromatic rings. The van der Waals surface area contributed by atoms with Crippen molar-refractivity contribution in [2.45, 2.75) is 0 Å². The van der Waals surface area contributed by atoms with Crippen LogP contribution in [-0.2, 0) is 0 Å². The van der Waals surface area contributed by atoms with Crippen molar-refractivity contribution < 1.29 is 4.42 Å². The maximum absolute atomic E-state index is 6.30. The zero-order valence-electron chi connectivity index (χ0n) is 23.2. The van der Waals surface area contributed by atoms with Crippen molar-refractivity contribution in [2.24, 2.45) is 0 Å². The number of furan rings is 1. The molecule has 0 atom stereocenters. The zero-order valence-corrected chi connectivity index (χ0v) is 23.2. The van der Waals surface area contributed by atoms with E-state index in [1.807, 2.05) is 42.6 Å². The van der Waals surface area contributed by atoms with Gasteiger partial charge in [0.2, 0.25) is 0 Å². The van der Waals surface area contributed by atoms with Crippen LogP contribution in [0, 0.1) is 0 Å². The fourth-order valence-corrected chi connectivity index (χ4v) is 6.39. The Morgan fingerprint density at radius 3 is 2.02 bits per heavy atom. The van der Waals surface area contributed by atoms with Gasteiger partial charge >= 0.3 is 0 Å². The molecule has 3 aromatic heterocycles. The summed E-state index contributed by atoms with van der Waals surface area (Å²) in [6.07, 6.45) is 1.97. The molecule has 0 fully saturated rings. The molecule has 3 heteroatoms. The van der Waals surface area contributed by atoms with Crippen LogP contribution in [0.2, 0.25) is 0 Å². The summed E-state index contributed by atoms with van der Waals surface area (Å²) in [5.74, 6) is 0. The first kappa shape index (κ1) is 23.9. The number of hydrogen-bond acceptors (Lipinski definition) is 3. The lowest BCUT2D eigenvalue weighted by Gasteiger charge is -2.13. The molecule has 9 rings (SSSR count). The molecule has 0 saturated heterocycles. The highest BCUT2D eigenvalue weighted by atomic mass is 16.3. The molecule has 3 nitrogen and oxygen atoms in total. The number of nitrogens with zero attached hydrogens (tertiary/aromatic N) is 2. The van der Waals surface area contributed by atoms with E-state index in [0.717, 1.165) is 77.3 Å². The molecule has 43 heavy (non-hydrogen) atoms. The summed E-state index contributed by atoms with van der Waals surface area (Å²) >= 11 is 0. The topological polar surface area (TPSA) is 38.9 Å². The largest absolute Gasteiger partial charge is 0.456 e. The number of pyridine rings is 2. The van der Waals surface area contributed by atoms with Gasteiger partial charge in [-0.15, -0.1) is 0 Å². The first-order valence-electron chi connectivity index (χ1n) is 14.5. The van der Waals surface area contributed by atoms with Gasteiger partial charge in [-0.3, -0.25) is 4.98 Å².